The van der Waals surface area contributed by atoms with Crippen molar-refractivity contribution in [2.45, 2.75) is 0 Å². The Hall–Kier alpha value is 2.82. The van der Waals surface area contributed by atoms with Gasteiger partial charge in [-0.05, 0) is 0 Å². The van der Waals surface area contributed by atoms with Gasteiger partial charge in [0.15, 0.2) is 0 Å². The van der Waals surface area contributed by atoms with E-state index >= 15 is 0 Å². The van der Waals surface area contributed by atoms with Gasteiger partial charge >= 0.3 is 26.2 Å². The molecule has 0 amide bonds. The molecule has 0 spiro atoms. The molecular weight excluding hydrogens is 535 g/mol. The first-order chi connectivity index (χ1) is 1.41. The molecule has 36 valence electrons. The van der Waals surface area contributed by atoms with E-state index in [4.69, 9.17) is 0 Å². The van der Waals surface area contributed by atoms with Gasteiger partial charge in [-0.25, -0.2) is 1.40 Å². The van der Waals surface area contributed by atoms with Crippen LogP contribution in [0.1, 0.15) is 0 Å². The summed E-state index contributed by atoms with van der Waals surface area (Å²) in [6.45, 7) is 0. The standard InChI is InChI=1S/Bi.Fe.I2O.3H/c;;1-3-2;;;. The Morgan fingerprint density at radius 3 is 1.20 bits per heavy atom. The first-order valence-electron chi connectivity index (χ1n) is 0.309. The summed E-state index contributed by atoms with van der Waals surface area (Å²) in [6, 6.07) is 0. The Morgan fingerprint density at radius 1 is 1.20 bits per heavy atom. The van der Waals surface area contributed by atoms with Crippen molar-refractivity contribution in [1.82, 2.24) is 0 Å². The summed E-state index contributed by atoms with van der Waals surface area (Å²) in [6.07, 6.45) is 0. The van der Waals surface area contributed by atoms with Crippen LogP contribution in [0.5, 0.6) is 0 Å². The fourth-order valence-electron chi connectivity index (χ4n) is 0. The Kier molecular flexibility index (Phi) is 49.6. The van der Waals surface area contributed by atoms with E-state index in [1.54, 1.807) is 46.0 Å². The summed E-state index contributed by atoms with van der Waals surface area (Å²) in [7, 11) is 0. The van der Waals surface area contributed by atoms with Crippen LogP contribution in [0.3, 0.4) is 0 Å². The van der Waals surface area contributed by atoms with E-state index in [0.29, 0.717) is 0 Å². The molecular formula is H3BiFeI2O. The summed E-state index contributed by atoms with van der Waals surface area (Å²) >= 11 is 3.55. The molecule has 0 heterocycles. The quantitative estimate of drug-likeness (QED) is 0.324. The van der Waals surface area contributed by atoms with Crippen LogP contribution in [0.4, 0.5) is 0 Å². The molecule has 0 N–H and O–H groups in total. The van der Waals surface area contributed by atoms with Gasteiger partial charge in [-0.1, -0.05) is 0 Å². The van der Waals surface area contributed by atoms with Gasteiger partial charge in [0.05, 0.1) is 0 Å². The normalized spacial score (nSPS) is 3.60. The fraction of sp³-hybridized carbons (Fsp3) is 0. The van der Waals surface area contributed by atoms with Gasteiger partial charge in [0.1, 0.15) is 46.0 Å². The topological polar surface area (TPSA) is 9.23 Å². The maximum absolute atomic E-state index is 4.19. The maximum atomic E-state index is 4.19. The van der Waals surface area contributed by atoms with Crippen molar-refractivity contribution in [1.29, 1.82) is 0 Å². The summed E-state index contributed by atoms with van der Waals surface area (Å²) in [5.74, 6) is 0. The van der Waals surface area contributed by atoms with Crippen molar-refractivity contribution in [3.05, 3.63) is 0 Å². The summed E-state index contributed by atoms with van der Waals surface area (Å²) in [5.41, 5.74) is 0. The number of halogens is 2. The van der Waals surface area contributed by atoms with E-state index in [2.05, 4.69) is 1.40 Å². The molecule has 0 bridgehead atoms. The van der Waals surface area contributed by atoms with Crippen molar-refractivity contribution >= 4 is 72.2 Å². The van der Waals surface area contributed by atoms with Gasteiger partial charge in [0.25, 0.3) is 0 Å². The SMILES string of the molecule is IOI.[BiH3].[Fe]. The van der Waals surface area contributed by atoms with Crippen LogP contribution >= 0.6 is 46.0 Å². The molecule has 1 nitrogen and oxygen atoms in total. The second kappa shape index (κ2) is 15.8. The molecule has 0 aromatic heterocycles. The van der Waals surface area contributed by atoms with Crippen LogP contribution in [-0.2, 0) is 18.5 Å². The van der Waals surface area contributed by atoms with Crippen molar-refractivity contribution < 1.29 is 18.5 Å². The van der Waals surface area contributed by atoms with Crippen molar-refractivity contribution in [2.24, 2.45) is 0 Å². The molecule has 5 heavy (non-hydrogen) atoms. The van der Waals surface area contributed by atoms with Gasteiger partial charge in [-0.2, -0.15) is 0 Å². The molecule has 5 heteroatoms. The molecule has 0 radical (unpaired) electrons. The second-order valence-corrected chi connectivity index (χ2v) is 2.62. The Balaban J connectivity index is -0.0000000200. The minimum atomic E-state index is 0. The van der Waals surface area contributed by atoms with E-state index in [0.717, 1.165) is 0 Å². The zero-order chi connectivity index (χ0) is 2.71. The van der Waals surface area contributed by atoms with Crippen molar-refractivity contribution in [3.63, 3.8) is 0 Å². The molecule has 0 aliphatic rings. The molecule has 0 atom stereocenters. The second-order valence-electron chi connectivity index (χ2n) is 0.0583. The van der Waals surface area contributed by atoms with Gasteiger partial charge in [0, 0.05) is 17.1 Å². The molecule has 0 saturated carbocycles. The minimum absolute atomic E-state index is 0. The summed E-state index contributed by atoms with van der Waals surface area (Å²) < 4.78 is 4.19. The van der Waals surface area contributed by atoms with Gasteiger partial charge < -0.3 is 0 Å². The molecule has 0 aliphatic heterocycles. The summed E-state index contributed by atoms with van der Waals surface area (Å²) in [5, 5.41) is 0. The number of rotatable bonds is 0. The smallest absolute Gasteiger partial charge is 0 e. The Labute approximate surface area is 89.0 Å². The monoisotopic (exact) mass is 538 g/mol. The molecule has 0 aliphatic carbocycles. The van der Waals surface area contributed by atoms with Crippen LogP contribution in [0.25, 0.3) is 0 Å². The Bertz CT molecular complexity index is 9.61. The fourth-order valence-corrected chi connectivity index (χ4v) is 0. The van der Waals surface area contributed by atoms with E-state index in [1.165, 1.54) is 0 Å². The first-order valence-corrected chi connectivity index (χ1v) is 2.07. The van der Waals surface area contributed by atoms with Crippen LogP contribution in [0.15, 0.2) is 0 Å². The minimum Gasteiger partial charge on any atom is 0 e. The van der Waals surface area contributed by atoms with E-state index in [-0.39, 0.29) is 43.3 Å². The largest absolute Gasteiger partial charge is 0 e. The third-order valence-electron chi connectivity index (χ3n) is 0. The third kappa shape index (κ3) is 19.9. The average Bonchev–Trinajstić information content (AvgIpc) is 0.918. The zero-order valence-electron chi connectivity index (χ0n) is 2.22. The van der Waals surface area contributed by atoms with E-state index < -0.39 is 0 Å². The first kappa shape index (κ1) is 15.7. The maximum Gasteiger partial charge on any atom is 0 e. The van der Waals surface area contributed by atoms with Gasteiger partial charge in [-0.15, -0.1) is 0 Å². The third-order valence-corrected chi connectivity index (χ3v) is 0. The molecule has 0 fully saturated rings. The predicted octanol–water partition coefficient (Wildman–Crippen LogP) is 0.517. The molecule has 0 aromatic carbocycles. The van der Waals surface area contributed by atoms with Crippen LogP contribution < -0.4 is 0 Å². The van der Waals surface area contributed by atoms with Crippen LogP contribution in [0, 0.1) is 0 Å². The van der Waals surface area contributed by atoms with Gasteiger partial charge in [0.2, 0.25) is 0 Å². The van der Waals surface area contributed by atoms with Crippen molar-refractivity contribution in [2.75, 3.05) is 0 Å². The average molecular weight is 538 g/mol. The molecule has 0 saturated heterocycles. The molecule has 0 aromatic rings. The van der Waals surface area contributed by atoms with Crippen LogP contribution in [-0.4, -0.2) is 26.2 Å². The van der Waals surface area contributed by atoms with E-state index in [1.807, 2.05) is 0 Å². The summed E-state index contributed by atoms with van der Waals surface area (Å²) in [4.78, 5) is 0. The van der Waals surface area contributed by atoms with Gasteiger partial charge in [-0.3, -0.25) is 0 Å². The number of hydrogen-bond acceptors (Lipinski definition) is 1. The zero-order valence-corrected chi connectivity index (χ0v) is 13.1. The number of hydrogen-bond donors (Lipinski definition) is 0. The predicted molar refractivity (Wildman–Crippen MR) is 39.1 cm³/mol. The molecule has 0 rings (SSSR count). The van der Waals surface area contributed by atoms with Crippen molar-refractivity contribution in [3.8, 4) is 0 Å². The van der Waals surface area contributed by atoms with E-state index in [9.17, 15) is 0 Å². The Morgan fingerprint density at radius 2 is 1.20 bits per heavy atom. The molecule has 0 unspecified atom stereocenters. The van der Waals surface area contributed by atoms with Crippen LogP contribution in [0.2, 0.25) is 0 Å².